The number of fused-ring (bicyclic) bond motifs is 1. The Labute approximate surface area is 110 Å². The smallest absolute Gasteiger partial charge is 0.123 e. The first-order valence-electron chi connectivity index (χ1n) is 6.11. The molecule has 1 aromatic heterocycles. The zero-order chi connectivity index (χ0) is 13.2. The van der Waals surface area contributed by atoms with Gasteiger partial charge in [-0.1, -0.05) is 12.1 Å². The SMILES string of the molecule is CNc1ccc2ccc(-c3ccc(F)cc3)nc2c1. The van der Waals surface area contributed by atoms with Gasteiger partial charge in [-0.15, -0.1) is 0 Å². The molecule has 2 aromatic carbocycles. The third kappa shape index (κ3) is 2.27. The van der Waals surface area contributed by atoms with E-state index in [1.807, 2.05) is 37.4 Å². The number of nitrogens with zero attached hydrogens (tertiary/aromatic N) is 1. The molecule has 2 nitrogen and oxygen atoms in total. The third-order valence-corrected chi connectivity index (χ3v) is 3.12. The highest BCUT2D eigenvalue weighted by Gasteiger charge is 2.02. The van der Waals surface area contributed by atoms with Gasteiger partial charge < -0.3 is 5.32 Å². The predicted molar refractivity (Wildman–Crippen MR) is 76.7 cm³/mol. The molecule has 3 rings (SSSR count). The molecule has 3 heteroatoms. The third-order valence-electron chi connectivity index (χ3n) is 3.12. The largest absolute Gasteiger partial charge is 0.388 e. The van der Waals surface area contributed by atoms with Gasteiger partial charge in [0.1, 0.15) is 5.82 Å². The van der Waals surface area contributed by atoms with E-state index in [0.29, 0.717) is 0 Å². The molecule has 0 radical (unpaired) electrons. The van der Waals surface area contributed by atoms with Crippen LogP contribution in [0.1, 0.15) is 0 Å². The summed E-state index contributed by atoms with van der Waals surface area (Å²) in [5.41, 5.74) is 3.71. The van der Waals surface area contributed by atoms with Crippen LogP contribution in [0.15, 0.2) is 54.6 Å². The minimum absolute atomic E-state index is 0.234. The molecule has 1 heterocycles. The van der Waals surface area contributed by atoms with Crippen LogP contribution in [0.5, 0.6) is 0 Å². The van der Waals surface area contributed by atoms with E-state index in [4.69, 9.17) is 0 Å². The van der Waals surface area contributed by atoms with Crippen LogP contribution in [0.4, 0.5) is 10.1 Å². The van der Waals surface area contributed by atoms with E-state index in [1.54, 1.807) is 12.1 Å². The maximum atomic E-state index is 12.9. The molecule has 0 fully saturated rings. The zero-order valence-corrected chi connectivity index (χ0v) is 10.5. The highest BCUT2D eigenvalue weighted by atomic mass is 19.1. The molecule has 0 spiro atoms. The molecule has 0 aliphatic carbocycles. The number of halogens is 1. The van der Waals surface area contributed by atoms with E-state index < -0.39 is 0 Å². The summed E-state index contributed by atoms with van der Waals surface area (Å²) >= 11 is 0. The van der Waals surface area contributed by atoms with Gasteiger partial charge in [0.2, 0.25) is 0 Å². The lowest BCUT2D eigenvalue weighted by Crippen LogP contribution is -1.90. The highest BCUT2D eigenvalue weighted by molar-refractivity contribution is 5.84. The summed E-state index contributed by atoms with van der Waals surface area (Å²) in [6.45, 7) is 0. The summed E-state index contributed by atoms with van der Waals surface area (Å²) in [7, 11) is 1.88. The van der Waals surface area contributed by atoms with Crippen molar-refractivity contribution in [1.29, 1.82) is 0 Å². The molecule has 0 atom stereocenters. The van der Waals surface area contributed by atoms with Crippen molar-refractivity contribution >= 4 is 16.6 Å². The summed E-state index contributed by atoms with van der Waals surface area (Å²) in [5.74, 6) is -0.234. The first kappa shape index (κ1) is 11.7. The molecule has 0 aliphatic heterocycles. The average Bonchev–Trinajstić information content (AvgIpc) is 2.47. The summed E-state index contributed by atoms with van der Waals surface area (Å²) in [5, 5.41) is 4.18. The van der Waals surface area contributed by atoms with Crippen molar-refractivity contribution in [3.05, 3.63) is 60.4 Å². The van der Waals surface area contributed by atoms with E-state index in [9.17, 15) is 4.39 Å². The Hall–Kier alpha value is -2.42. The van der Waals surface area contributed by atoms with Crippen molar-refractivity contribution in [1.82, 2.24) is 4.98 Å². The molecule has 0 amide bonds. The molecule has 0 saturated carbocycles. The van der Waals surface area contributed by atoms with Crippen molar-refractivity contribution in [2.75, 3.05) is 12.4 Å². The van der Waals surface area contributed by atoms with Crippen LogP contribution in [-0.2, 0) is 0 Å². The van der Waals surface area contributed by atoms with Crippen molar-refractivity contribution in [3.8, 4) is 11.3 Å². The number of nitrogens with one attached hydrogen (secondary N) is 1. The zero-order valence-electron chi connectivity index (χ0n) is 10.5. The average molecular weight is 252 g/mol. The van der Waals surface area contributed by atoms with Gasteiger partial charge in [0, 0.05) is 23.7 Å². The quantitative estimate of drug-likeness (QED) is 0.743. The molecule has 0 bridgehead atoms. The van der Waals surface area contributed by atoms with Crippen LogP contribution in [0.2, 0.25) is 0 Å². The van der Waals surface area contributed by atoms with Gasteiger partial charge in [-0.25, -0.2) is 9.37 Å². The topological polar surface area (TPSA) is 24.9 Å². The van der Waals surface area contributed by atoms with E-state index >= 15 is 0 Å². The van der Waals surface area contributed by atoms with Gasteiger partial charge in [-0.3, -0.25) is 0 Å². The Morgan fingerprint density at radius 3 is 2.42 bits per heavy atom. The van der Waals surface area contributed by atoms with E-state index in [0.717, 1.165) is 27.8 Å². The lowest BCUT2D eigenvalue weighted by molar-refractivity contribution is 0.628. The monoisotopic (exact) mass is 252 g/mol. The fourth-order valence-electron chi connectivity index (χ4n) is 2.05. The molecular weight excluding hydrogens is 239 g/mol. The molecule has 19 heavy (non-hydrogen) atoms. The van der Waals surface area contributed by atoms with Crippen molar-refractivity contribution in [2.24, 2.45) is 0 Å². The fraction of sp³-hybridized carbons (Fsp3) is 0.0625. The second kappa shape index (κ2) is 4.69. The molecule has 94 valence electrons. The van der Waals surface area contributed by atoms with Gasteiger partial charge in [-0.2, -0.15) is 0 Å². The number of hydrogen-bond donors (Lipinski definition) is 1. The van der Waals surface area contributed by atoms with E-state index in [1.165, 1.54) is 12.1 Å². The molecule has 3 aromatic rings. The number of aromatic nitrogens is 1. The first-order valence-corrected chi connectivity index (χ1v) is 6.11. The number of hydrogen-bond acceptors (Lipinski definition) is 2. The van der Waals surface area contributed by atoms with E-state index in [-0.39, 0.29) is 5.82 Å². The summed E-state index contributed by atoms with van der Waals surface area (Å²) in [6.07, 6.45) is 0. The maximum Gasteiger partial charge on any atom is 0.123 e. The highest BCUT2D eigenvalue weighted by Crippen LogP contribution is 2.23. The van der Waals surface area contributed by atoms with Crippen LogP contribution in [0.3, 0.4) is 0 Å². The lowest BCUT2D eigenvalue weighted by atomic mass is 10.1. The second-order valence-electron chi connectivity index (χ2n) is 4.36. The maximum absolute atomic E-state index is 12.9. The normalized spacial score (nSPS) is 10.6. The van der Waals surface area contributed by atoms with Crippen LogP contribution >= 0.6 is 0 Å². The summed E-state index contributed by atoms with van der Waals surface area (Å²) in [6, 6.07) is 16.4. The Morgan fingerprint density at radius 1 is 0.947 bits per heavy atom. The minimum Gasteiger partial charge on any atom is -0.388 e. The van der Waals surface area contributed by atoms with Gasteiger partial charge in [-0.05, 0) is 42.5 Å². The van der Waals surface area contributed by atoms with Gasteiger partial charge in [0.15, 0.2) is 0 Å². The molecule has 0 unspecified atom stereocenters. The van der Waals surface area contributed by atoms with Crippen LogP contribution < -0.4 is 5.32 Å². The fourth-order valence-corrected chi connectivity index (χ4v) is 2.05. The van der Waals surface area contributed by atoms with E-state index in [2.05, 4.69) is 10.3 Å². The summed E-state index contributed by atoms with van der Waals surface area (Å²) in [4.78, 5) is 4.62. The minimum atomic E-state index is -0.234. The Balaban J connectivity index is 2.12. The molecule has 0 saturated heterocycles. The predicted octanol–water partition coefficient (Wildman–Crippen LogP) is 4.08. The molecule has 1 N–H and O–H groups in total. The van der Waals surface area contributed by atoms with Gasteiger partial charge >= 0.3 is 0 Å². The molecule has 0 aliphatic rings. The summed E-state index contributed by atoms with van der Waals surface area (Å²) < 4.78 is 12.9. The van der Waals surface area contributed by atoms with Crippen LogP contribution in [0.25, 0.3) is 22.2 Å². The Kier molecular flexibility index (Phi) is 2.88. The van der Waals surface area contributed by atoms with Crippen LogP contribution in [0, 0.1) is 5.82 Å². The van der Waals surface area contributed by atoms with Gasteiger partial charge in [0.25, 0.3) is 0 Å². The number of anilines is 1. The van der Waals surface area contributed by atoms with Crippen LogP contribution in [-0.4, -0.2) is 12.0 Å². The number of benzene rings is 2. The van der Waals surface area contributed by atoms with Crippen molar-refractivity contribution in [2.45, 2.75) is 0 Å². The molecular formula is C16H13FN2. The number of rotatable bonds is 2. The Morgan fingerprint density at radius 2 is 1.68 bits per heavy atom. The first-order chi connectivity index (χ1) is 9.26. The number of pyridine rings is 1. The van der Waals surface area contributed by atoms with Crippen molar-refractivity contribution < 1.29 is 4.39 Å². The van der Waals surface area contributed by atoms with Crippen molar-refractivity contribution in [3.63, 3.8) is 0 Å². The van der Waals surface area contributed by atoms with Gasteiger partial charge in [0.05, 0.1) is 11.2 Å². The lowest BCUT2D eigenvalue weighted by Gasteiger charge is -2.05. The second-order valence-corrected chi connectivity index (χ2v) is 4.36. The standard InChI is InChI=1S/C16H13FN2/c1-18-14-8-4-12-5-9-15(19-16(12)10-14)11-2-6-13(17)7-3-11/h2-10,18H,1H3. The Bertz CT molecular complexity index is 720.